The Kier molecular flexibility index (Phi) is 6.18. The summed E-state index contributed by atoms with van der Waals surface area (Å²) in [4.78, 5) is 18.6. The van der Waals surface area contributed by atoms with Crippen molar-refractivity contribution >= 4 is 17.5 Å². The molecule has 2 heterocycles. The third kappa shape index (κ3) is 4.17. The van der Waals surface area contributed by atoms with E-state index in [-0.39, 0.29) is 11.9 Å². The van der Waals surface area contributed by atoms with Gasteiger partial charge in [-0.1, -0.05) is 16.8 Å². The number of methoxy groups -OCH3 is 2. The maximum atomic E-state index is 12.4. The Labute approximate surface area is 162 Å². The molecule has 146 valence electrons. The van der Waals surface area contributed by atoms with Gasteiger partial charge < -0.3 is 24.6 Å². The lowest BCUT2D eigenvalue weighted by molar-refractivity contribution is -0.131. The zero-order chi connectivity index (χ0) is 19.4. The van der Waals surface area contributed by atoms with Crippen molar-refractivity contribution in [3.8, 4) is 22.9 Å². The molecule has 1 aromatic carbocycles. The minimum atomic E-state index is 0.0665. The highest BCUT2D eigenvalue weighted by molar-refractivity contribution is 6.32. The fourth-order valence-electron chi connectivity index (χ4n) is 3.29. The molecular weight excluding hydrogens is 372 g/mol. The summed E-state index contributed by atoms with van der Waals surface area (Å²) in [5.41, 5.74) is 6.37. The SMILES string of the molecule is COc1cc(-c2noc(CCC(=O)N3CCC[C@@H]3CN)n2)cc(Cl)c1OC. The van der Waals surface area contributed by atoms with Crippen LogP contribution in [0.2, 0.25) is 5.02 Å². The Morgan fingerprint density at radius 1 is 1.41 bits per heavy atom. The maximum Gasteiger partial charge on any atom is 0.227 e. The molecule has 3 rings (SSSR count). The lowest BCUT2D eigenvalue weighted by Gasteiger charge is -2.23. The number of rotatable bonds is 7. The van der Waals surface area contributed by atoms with Gasteiger partial charge in [0.05, 0.1) is 19.2 Å². The van der Waals surface area contributed by atoms with Gasteiger partial charge in [0, 0.05) is 37.5 Å². The number of nitrogens with two attached hydrogens (primary N) is 1. The largest absolute Gasteiger partial charge is 0.493 e. The van der Waals surface area contributed by atoms with Crippen LogP contribution in [0.4, 0.5) is 0 Å². The van der Waals surface area contributed by atoms with E-state index in [0.717, 1.165) is 19.4 Å². The molecule has 1 saturated heterocycles. The van der Waals surface area contributed by atoms with Gasteiger partial charge in [0.25, 0.3) is 0 Å². The Morgan fingerprint density at radius 2 is 2.22 bits per heavy atom. The van der Waals surface area contributed by atoms with Crippen LogP contribution in [0.25, 0.3) is 11.4 Å². The van der Waals surface area contributed by atoms with Crippen molar-refractivity contribution in [3.05, 3.63) is 23.0 Å². The van der Waals surface area contributed by atoms with Crippen LogP contribution in [-0.2, 0) is 11.2 Å². The molecule has 1 atom stereocenters. The van der Waals surface area contributed by atoms with E-state index in [9.17, 15) is 4.79 Å². The number of benzene rings is 1. The van der Waals surface area contributed by atoms with Gasteiger partial charge in [-0.2, -0.15) is 4.98 Å². The summed E-state index contributed by atoms with van der Waals surface area (Å²) in [5, 5.41) is 4.36. The first-order chi connectivity index (χ1) is 13.1. The topological polar surface area (TPSA) is 104 Å². The van der Waals surface area contributed by atoms with Gasteiger partial charge in [0.1, 0.15) is 0 Å². The third-order valence-electron chi connectivity index (χ3n) is 4.68. The molecule has 2 N–H and O–H groups in total. The number of ether oxygens (including phenoxy) is 2. The molecule has 1 aliphatic heterocycles. The monoisotopic (exact) mass is 394 g/mol. The highest BCUT2D eigenvalue weighted by Gasteiger charge is 2.27. The molecule has 0 unspecified atom stereocenters. The van der Waals surface area contributed by atoms with Gasteiger partial charge in [-0.3, -0.25) is 4.79 Å². The number of hydrogen-bond acceptors (Lipinski definition) is 7. The van der Waals surface area contributed by atoms with E-state index in [1.807, 2.05) is 4.90 Å². The van der Waals surface area contributed by atoms with Crippen molar-refractivity contribution in [1.29, 1.82) is 0 Å². The summed E-state index contributed by atoms with van der Waals surface area (Å²) in [5.74, 6) is 1.76. The van der Waals surface area contributed by atoms with E-state index >= 15 is 0 Å². The first kappa shape index (κ1) is 19.4. The molecule has 1 amide bonds. The number of nitrogens with zero attached hydrogens (tertiary/aromatic N) is 3. The van der Waals surface area contributed by atoms with Gasteiger partial charge in [0.2, 0.25) is 17.6 Å². The second kappa shape index (κ2) is 8.58. The number of aromatic nitrogens is 2. The van der Waals surface area contributed by atoms with Crippen LogP contribution < -0.4 is 15.2 Å². The van der Waals surface area contributed by atoms with E-state index in [4.69, 9.17) is 31.3 Å². The predicted molar refractivity (Wildman–Crippen MR) is 100.0 cm³/mol. The van der Waals surface area contributed by atoms with E-state index in [1.165, 1.54) is 14.2 Å². The number of carbonyl (C=O) groups is 1. The fraction of sp³-hybridized carbons (Fsp3) is 0.500. The molecule has 9 heteroatoms. The van der Waals surface area contributed by atoms with Gasteiger partial charge in [-0.05, 0) is 25.0 Å². The minimum absolute atomic E-state index is 0.0665. The number of aryl methyl sites for hydroxylation is 1. The second-order valence-corrected chi connectivity index (χ2v) is 6.73. The van der Waals surface area contributed by atoms with Crippen molar-refractivity contribution in [1.82, 2.24) is 15.0 Å². The van der Waals surface area contributed by atoms with Crippen LogP contribution in [0.3, 0.4) is 0 Å². The highest BCUT2D eigenvalue weighted by atomic mass is 35.5. The zero-order valence-electron chi connectivity index (χ0n) is 15.4. The standard InChI is InChI=1S/C18H23ClN4O4/c1-25-14-9-11(8-13(19)17(14)26-2)18-21-15(27-22-18)5-6-16(24)23-7-3-4-12(23)10-20/h8-9,12H,3-7,10,20H2,1-2H3/t12-/m1/s1. The number of likely N-dealkylation sites (tertiary alicyclic amines) is 1. The predicted octanol–water partition coefficient (Wildman–Crippen LogP) is 2.29. The van der Waals surface area contributed by atoms with Crippen LogP contribution >= 0.6 is 11.6 Å². The second-order valence-electron chi connectivity index (χ2n) is 6.32. The average molecular weight is 395 g/mol. The molecule has 1 aromatic heterocycles. The van der Waals surface area contributed by atoms with E-state index in [1.54, 1.807) is 12.1 Å². The molecule has 0 aliphatic carbocycles. The van der Waals surface area contributed by atoms with Crippen molar-refractivity contribution < 1.29 is 18.8 Å². The van der Waals surface area contributed by atoms with Crippen molar-refractivity contribution in [2.45, 2.75) is 31.7 Å². The smallest absolute Gasteiger partial charge is 0.227 e. The quantitative estimate of drug-likeness (QED) is 0.768. The number of hydrogen-bond donors (Lipinski definition) is 1. The molecule has 0 radical (unpaired) electrons. The molecule has 2 aromatic rings. The Balaban J connectivity index is 1.68. The van der Waals surface area contributed by atoms with Crippen molar-refractivity contribution in [2.75, 3.05) is 27.3 Å². The van der Waals surface area contributed by atoms with Crippen LogP contribution in [0.15, 0.2) is 16.7 Å². The highest BCUT2D eigenvalue weighted by Crippen LogP contribution is 2.38. The number of halogens is 1. The molecule has 0 saturated carbocycles. The normalized spacial score (nSPS) is 16.6. The van der Waals surface area contributed by atoms with Crippen LogP contribution in [-0.4, -0.2) is 54.3 Å². The van der Waals surface area contributed by atoms with Gasteiger partial charge in [0.15, 0.2) is 11.5 Å². The number of amides is 1. The lowest BCUT2D eigenvalue weighted by atomic mass is 10.2. The summed E-state index contributed by atoms with van der Waals surface area (Å²) in [6.45, 7) is 1.26. The molecule has 8 nitrogen and oxygen atoms in total. The van der Waals surface area contributed by atoms with Gasteiger partial charge >= 0.3 is 0 Å². The first-order valence-corrected chi connectivity index (χ1v) is 9.19. The first-order valence-electron chi connectivity index (χ1n) is 8.81. The fourth-order valence-corrected chi connectivity index (χ4v) is 3.58. The molecular formula is C18H23ClN4O4. The zero-order valence-corrected chi connectivity index (χ0v) is 16.2. The average Bonchev–Trinajstić information content (AvgIpc) is 3.34. The van der Waals surface area contributed by atoms with Crippen LogP contribution in [0, 0.1) is 0 Å². The summed E-state index contributed by atoms with van der Waals surface area (Å²) in [7, 11) is 3.04. The molecule has 1 aliphatic rings. The van der Waals surface area contributed by atoms with E-state index in [0.29, 0.717) is 53.2 Å². The molecule has 27 heavy (non-hydrogen) atoms. The third-order valence-corrected chi connectivity index (χ3v) is 4.96. The maximum absolute atomic E-state index is 12.4. The van der Waals surface area contributed by atoms with Gasteiger partial charge in [-0.15, -0.1) is 0 Å². The van der Waals surface area contributed by atoms with E-state index < -0.39 is 0 Å². The summed E-state index contributed by atoms with van der Waals surface area (Å²) in [6, 6.07) is 3.55. The lowest BCUT2D eigenvalue weighted by Crippen LogP contribution is -2.40. The van der Waals surface area contributed by atoms with E-state index in [2.05, 4.69) is 10.1 Å². The van der Waals surface area contributed by atoms with Crippen LogP contribution in [0.5, 0.6) is 11.5 Å². The van der Waals surface area contributed by atoms with Crippen molar-refractivity contribution in [3.63, 3.8) is 0 Å². The summed E-state index contributed by atoms with van der Waals surface area (Å²) >= 11 is 6.22. The Hall–Kier alpha value is -2.32. The summed E-state index contributed by atoms with van der Waals surface area (Å²) < 4.78 is 15.8. The Bertz CT molecular complexity index is 811. The summed E-state index contributed by atoms with van der Waals surface area (Å²) in [6.07, 6.45) is 2.65. The van der Waals surface area contributed by atoms with Crippen molar-refractivity contribution in [2.24, 2.45) is 5.73 Å². The van der Waals surface area contributed by atoms with Crippen LogP contribution in [0.1, 0.15) is 25.2 Å². The van der Waals surface area contributed by atoms with Gasteiger partial charge in [-0.25, -0.2) is 0 Å². The number of carbonyl (C=O) groups excluding carboxylic acids is 1. The molecule has 0 spiro atoms. The molecule has 0 bridgehead atoms. The molecule has 1 fully saturated rings. The minimum Gasteiger partial charge on any atom is -0.493 e. The Morgan fingerprint density at radius 3 is 2.93 bits per heavy atom.